The molecule has 0 rings (SSSR count). The lowest BCUT2D eigenvalue weighted by molar-refractivity contribution is 0.0410. The first-order chi connectivity index (χ1) is 7.85. The van der Waals surface area contributed by atoms with Crippen molar-refractivity contribution >= 4 is 0 Å². The monoisotopic (exact) mass is 227 g/mol. The number of ether oxygens (including phenoxy) is 1. The molecule has 0 amide bonds. The van der Waals surface area contributed by atoms with Crippen molar-refractivity contribution in [3.8, 4) is 0 Å². The van der Waals surface area contributed by atoms with Gasteiger partial charge < -0.3 is 4.74 Å². The molecule has 0 aromatic carbocycles. The smallest absolute Gasteiger partial charge is 0.0572 e. The van der Waals surface area contributed by atoms with Crippen LogP contribution in [-0.2, 0) is 4.74 Å². The summed E-state index contributed by atoms with van der Waals surface area (Å²) in [6.07, 6.45) is 13.2. The lowest BCUT2D eigenvalue weighted by Crippen LogP contribution is -2.12. The van der Waals surface area contributed by atoms with Crippen LogP contribution in [0.4, 0.5) is 0 Å². The van der Waals surface area contributed by atoms with Crippen molar-refractivity contribution < 1.29 is 4.74 Å². The molecule has 0 heterocycles. The van der Waals surface area contributed by atoms with E-state index < -0.39 is 0 Å². The van der Waals surface area contributed by atoms with Crippen LogP contribution in [0.15, 0.2) is 0 Å². The third-order valence-corrected chi connectivity index (χ3v) is 3.08. The Morgan fingerprint density at radius 1 is 0.938 bits per heavy atom. The first-order valence-corrected chi connectivity index (χ1v) is 7.26. The molecule has 0 aliphatic rings. The van der Waals surface area contributed by atoms with E-state index in [2.05, 4.69) is 20.8 Å². The van der Waals surface area contributed by atoms with Crippen LogP contribution in [0.2, 0.25) is 0 Å². The minimum absolute atomic E-state index is 0.506. The second-order valence-corrected chi connectivity index (χ2v) is 4.66. The summed E-state index contributed by atoms with van der Waals surface area (Å²) in [7, 11) is 0. The van der Waals surface area contributed by atoms with Gasteiger partial charge in [0, 0.05) is 6.61 Å². The van der Waals surface area contributed by atoms with Crippen molar-refractivity contribution in [3.63, 3.8) is 0 Å². The number of hydrogen-bond donors (Lipinski definition) is 0. The average molecular weight is 227 g/mol. The Hall–Kier alpha value is -0.0400. The Morgan fingerprint density at radius 2 is 1.69 bits per heavy atom. The molecule has 1 heteroatoms. The van der Waals surface area contributed by atoms with Crippen molar-refractivity contribution in [2.45, 2.75) is 84.2 Å². The minimum Gasteiger partial charge on any atom is -0.378 e. The lowest BCUT2D eigenvalue weighted by Gasteiger charge is -2.15. The molecule has 0 saturated carbocycles. The summed E-state index contributed by atoms with van der Waals surface area (Å²) < 4.78 is 5.87. The van der Waals surface area contributed by atoms with Gasteiger partial charge in [0.05, 0.1) is 6.10 Å². The molecule has 1 nitrogen and oxygen atoms in total. The standard InChI is InChI=1S/C15H31O/c1-4-7-9-10-11-13-15(6-3)16-14-12-8-5-2/h15H,2,4-14H2,1,3H3. The molecule has 97 valence electrons. The molecule has 0 aliphatic carbocycles. The molecule has 0 aliphatic heterocycles. The van der Waals surface area contributed by atoms with Crippen LogP contribution in [0.5, 0.6) is 0 Å². The molecule has 0 aromatic heterocycles. The summed E-state index contributed by atoms with van der Waals surface area (Å²) in [5.41, 5.74) is 0. The summed E-state index contributed by atoms with van der Waals surface area (Å²) in [5.74, 6) is 0. The number of rotatable bonds is 12. The quantitative estimate of drug-likeness (QED) is 0.419. The molecule has 1 radical (unpaired) electrons. The molecule has 1 atom stereocenters. The maximum absolute atomic E-state index is 5.87. The van der Waals surface area contributed by atoms with E-state index in [-0.39, 0.29) is 0 Å². The molecule has 0 spiro atoms. The Morgan fingerprint density at radius 3 is 2.31 bits per heavy atom. The van der Waals surface area contributed by atoms with Crippen molar-refractivity contribution in [1.29, 1.82) is 0 Å². The third-order valence-electron chi connectivity index (χ3n) is 3.08. The second kappa shape index (κ2) is 13.0. The van der Waals surface area contributed by atoms with Gasteiger partial charge in [0.25, 0.3) is 0 Å². The Bertz CT molecular complexity index is 123. The molecule has 0 fully saturated rings. The maximum atomic E-state index is 5.87. The van der Waals surface area contributed by atoms with Crippen LogP contribution in [0.1, 0.15) is 78.1 Å². The summed E-state index contributed by atoms with van der Waals surface area (Å²) >= 11 is 0. The van der Waals surface area contributed by atoms with Crippen molar-refractivity contribution in [2.75, 3.05) is 6.61 Å². The largest absolute Gasteiger partial charge is 0.378 e. The molecule has 16 heavy (non-hydrogen) atoms. The highest BCUT2D eigenvalue weighted by atomic mass is 16.5. The van der Waals surface area contributed by atoms with Crippen molar-refractivity contribution in [2.24, 2.45) is 0 Å². The normalized spacial score (nSPS) is 12.9. The molecule has 0 bridgehead atoms. The maximum Gasteiger partial charge on any atom is 0.0572 e. The Balaban J connectivity index is 3.29. The third kappa shape index (κ3) is 10.5. The van der Waals surface area contributed by atoms with Crippen LogP contribution in [0, 0.1) is 6.92 Å². The van der Waals surface area contributed by atoms with E-state index in [4.69, 9.17) is 4.74 Å². The predicted octanol–water partition coefficient (Wildman–Crippen LogP) is 5.15. The van der Waals surface area contributed by atoms with Gasteiger partial charge in [-0.25, -0.2) is 0 Å². The highest BCUT2D eigenvalue weighted by molar-refractivity contribution is 4.56. The highest BCUT2D eigenvalue weighted by Crippen LogP contribution is 2.12. The fraction of sp³-hybridized carbons (Fsp3) is 0.933. The fourth-order valence-corrected chi connectivity index (χ4v) is 1.91. The molecular formula is C15H31O. The fourth-order valence-electron chi connectivity index (χ4n) is 1.91. The van der Waals surface area contributed by atoms with Gasteiger partial charge in [-0.05, 0) is 19.3 Å². The van der Waals surface area contributed by atoms with Gasteiger partial charge in [-0.15, -0.1) is 0 Å². The van der Waals surface area contributed by atoms with Crippen molar-refractivity contribution in [3.05, 3.63) is 6.92 Å². The molecule has 0 N–H and O–H groups in total. The number of hydrogen-bond acceptors (Lipinski definition) is 1. The first kappa shape index (κ1) is 16.0. The van der Waals surface area contributed by atoms with E-state index >= 15 is 0 Å². The van der Waals surface area contributed by atoms with Gasteiger partial charge in [-0.2, -0.15) is 0 Å². The molecule has 0 saturated heterocycles. The van der Waals surface area contributed by atoms with Crippen LogP contribution < -0.4 is 0 Å². The Kier molecular flexibility index (Phi) is 13.0. The van der Waals surface area contributed by atoms with Crippen LogP contribution in [0.3, 0.4) is 0 Å². The van der Waals surface area contributed by atoms with E-state index in [0.717, 1.165) is 19.4 Å². The summed E-state index contributed by atoms with van der Waals surface area (Å²) in [4.78, 5) is 0. The minimum atomic E-state index is 0.506. The number of unbranched alkanes of at least 4 members (excludes halogenated alkanes) is 6. The zero-order valence-corrected chi connectivity index (χ0v) is 11.5. The second-order valence-electron chi connectivity index (χ2n) is 4.66. The summed E-state index contributed by atoms with van der Waals surface area (Å²) in [5, 5.41) is 0. The first-order valence-electron chi connectivity index (χ1n) is 7.26. The lowest BCUT2D eigenvalue weighted by atomic mass is 10.1. The summed E-state index contributed by atoms with van der Waals surface area (Å²) in [6.45, 7) is 9.28. The highest BCUT2D eigenvalue weighted by Gasteiger charge is 2.05. The van der Waals surface area contributed by atoms with E-state index in [1.54, 1.807) is 0 Å². The van der Waals surface area contributed by atoms with Gasteiger partial charge >= 0.3 is 0 Å². The Labute approximate surface area is 103 Å². The van der Waals surface area contributed by atoms with Crippen molar-refractivity contribution in [1.82, 2.24) is 0 Å². The van der Waals surface area contributed by atoms with E-state index in [1.165, 1.54) is 51.4 Å². The van der Waals surface area contributed by atoms with E-state index in [0.29, 0.717) is 6.10 Å². The van der Waals surface area contributed by atoms with Gasteiger partial charge in [-0.3, -0.25) is 0 Å². The van der Waals surface area contributed by atoms with Crippen LogP contribution in [-0.4, -0.2) is 12.7 Å². The van der Waals surface area contributed by atoms with E-state index in [9.17, 15) is 0 Å². The summed E-state index contributed by atoms with van der Waals surface area (Å²) in [6, 6.07) is 0. The molecule has 0 aromatic rings. The van der Waals surface area contributed by atoms with Crippen LogP contribution in [0.25, 0.3) is 0 Å². The van der Waals surface area contributed by atoms with Crippen LogP contribution >= 0.6 is 0 Å². The van der Waals surface area contributed by atoms with E-state index in [1.807, 2.05) is 0 Å². The van der Waals surface area contributed by atoms with Gasteiger partial charge in [0.2, 0.25) is 0 Å². The SMILES string of the molecule is [CH2]CCCCOC(CC)CCCCCCC. The van der Waals surface area contributed by atoms with Gasteiger partial charge in [-0.1, -0.05) is 65.7 Å². The topological polar surface area (TPSA) is 9.23 Å². The predicted molar refractivity (Wildman–Crippen MR) is 72.6 cm³/mol. The van der Waals surface area contributed by atoms with Gasteiger partial charge in [0.15, 0.2) is 0 Å². The zero-order chi connectivity index (χ0) is 12.1. The zero-order valence-electron chi connectivity index (χ0n) is 11.5. The molecular weight excluding hydrogens is 196 g/mol. The molecule has 1 unspecified atom stereocenters. The average Bonchev–Trinajstić information content (AvgIpc) is 2.31. The van der Waals surface area contributed by atoms with Gasteiger partial charge in [0.1, 0.15) is 0 Å².